The quantitative estimate of drug-likeness (QED) is 0.793. The lowest BCUT2D eigenvalue weighted by molar-refractivity contribution is -0.145. The second kappa shape index (κ2) is 8.57. The number of nitrogens with zero attached hydrogens (tertiary/aromatic N) is 1. The van der Waals surface area contributed by atoms with E-state index < -0.39 is 12.0 Å². The molecule has 1 saturated heterocycles. The first-order valence-electron chi connectivity index (χ1n) is 9.73. The number of carboxylic acids is 1. The maximum Gasteiger partial charge on any atom is 0.320 e. The molecule has 0 aliphatic carbocycles. The van der Waals surface area contributed by atoms with Crippen LogP contribution in [-0.4, -0.2) is 35.7 Å². The highest BCUT2D eigenvalue weighted by Gasteiger charge is 2.35. The fourth-order valence-corrected chi connectivity index (χ4v) is 3.95. The third-order valence-electron chi connectivity index (χ3n) is 5.51. The van der Waals surface area contributed by atoms with E-state index in [0.29, 0.717) is 12.3 Å². The highest BCUT2D eigenvalue weighted by atomic mass is 16.5. The smallest absolute Gasteiger partial charge is 0.320 e. The fourth-order valence-electron chi connectivity index (χ4n) is 3.95. The van der Waals surface area contributed by atoms with Crippen molar-refractivity contribution in [2.75, 3.05) is 13.7 Å². The predicted octanol–water partition coefficient (Wildman–Crippen LogP) is 4.85. The first-order chi connectivity index (χ1) is 13.0. The Kier molecular flexibility index (Phi) is 6.17. The topological polar surface area (TPSA) is 49.8 Å². The van der Waals surface area contributed by atoms with E-state index in [2.05, 4.69) is 43.0 Å². The Morgan fingerprint density at radius 2 is 1.56 bits per heavy atom. The lowest BCUT2D eigenvalue weighted by atomic mass is 9.90. The summed E-state index contributed by atoms with van der Waals surface area (Å²) in [6, 6.07) is 16.1. The van der Waals surface area contributed by atoms with E-state index in [-0.39, 0.29) is 6.04 Å². The van der Waals surface area contributed by atoms with Gasteiger partial charge in [-0.15, -0.1) is 0 Å². The van der Waals surface area contributed by atoms with Crippen molar-refractivity contribution in [3.63, 3.8) is 0 Å². The molecule has 0 spiro atoms. The van der Waals surface area contributed by atoms with Gasteiger partial charge in [0.2, 0.25) is 0 Å². The zero-order valence-corrected chi connectivity index (χ0v) is 16.4. The number of benzene rings is 2. The first-order valence-corrected chi connectivity index (χ1v) is 9.73. The molecule has 2 aromatic carbocycles. The molecular weight excluding hydrogens is 338 g/mol. The van der Waals surface area contributed by atoms with Gasteiger partial charge in [0.1, 0.15) is 11.8 Å². The van der Waals surface area contributed by atoms with Crippen LogP contribution in [0.5, 0.6) is 5.75 Å². The minimum absolute atomic E-state index is 0.0708. The van der Waals surface area contributed by atoms with Crippen LogP contribution in [0.1, 0.15) is 61.8 Å². The molecule has 4 heteroatoms. The normalized spacial score (nSPS) is 19.0. The van der Waals surface area contributed by atoms with Crippen molar-refractivity contribution in [1.82, 2.24) is 4.90 Å². The number of aliphatic carboxylic acids is 1. The van der Waals surface area contributed by atoms with Crippen molar-refractivity contribution in [2.45, 2.75) is 51.1 Å². The van der Waals surface area contributed by atoms with Gasteiger partial charge in [0, 0.05) is 0 Å². The van der Waals surface area contributed by atoms with Crippen LogP contribution < -0.4 is 4.74 Å². The Morgan fingerprint density at radius 3 is 2.07 bits per heavy atom. The summed E-state index contributed by atoms with van der Waals surface area (Å²) in [7, 11) is 1.65. The molecular formula is C23H29NO3. The van der Waals surface area contributed by atoms with Crippen LogP contribution in [0.4, 0.5) is 0 Å². The maximum absolute atomic E-state index is 11.9. The van der Waals surface area contributed by atoms with E-state index in [1.807, 2.05) is 24.3 Å². The molecule has 2 aromatic rings. The molecule has 27 heavy (non-hydrogen) atoms. The van der Waals surface area contributed by atoms with Crippen LogP contribution in [0.25, 0.3) is 0 Å². The first kappa shape index (κ1) is 19.4. The van der Waals surface area contributed by atoms with Gasteiger partial charge in [-0.2, -0.15) is 0 Å². The standard InChI is InChI=1S/C23H29NO3/c1-16(2)17-7-9-18(10-8-17)22(19-11-13-20(27-3)14-12-19)24-15-5-4-6-21(24)23(25)26/h7-14,16,21-22H,4-6,15H2,1-3H3,(H,25,26). The summed E-state index contributed by atoms with van der Waals surface area (Å²) < 4.78 is 5.29. The van der Waals surface area contributed by atoms with Gasteiger partial charge in [-0.05, 0) is 54.1 Å². The molecule has 1 heterocycles. The molecule has 0 saturated carbocycles. The van der Waals surface area contributed by atoms with E-state index in [1.165, 1.54) is 5.56 Å². The summed E-state index contributed by atoms with van der Waals surface area (Å²) >= 11 is 0. The summed E-state index contributed by atoms with van der Waals surface area (Å²) in [5.41, 5.74) is 3.53. The number of piperidine rings is 1. The minimum Gasteiger partial charge on any atom is -0.497 e. The number of likely N-dealkylation sites (tertiary alicyclic amines) is 1. The average Bonchev–Trinajstić information content (AvgIpc) is 2.69. The van der Waals surface area contributed by atoms with Crippen molar-refractivity contribution in [3.05, 3.63) is 65.2 Å². The van der Waals surface area contributed by atoms with E-state index in [1.54, 1.807) is 7.11 Å². The molecule has 3 rings (SSSR count). The molecule has 0 bridgehead atoms. The minimum atomic E-state index is -0.730. The van der Waals surface area contributed by atoms with Crippen LogP contribution in [-0.2, 0) is 4.79 Å². The summed E-state index contributed by atoms with van der Waals surface area (Å²) in [6.45, 7) is 5.15. The Bertz CT molecular complexity index is 752. The van der Waals surface area contributed by atoms with Crippen molar-refractivity contribution in [2.24, 2.45) is 0 Å². The number of rotatable bonds is 6. The largest absolute Gasteiger partial charge is 0.497 e. The van der Waals surface area contributed by atoms with Gasteiger partial charge in [0.15, 0.2) is 0 Å². The Hall–Kier alpha value is -2.33. The van der Waals surface area contributed by atoms with E-state index in [9.17, 15) is 9.90 Å². The molecule has 0 radical (unpaired) electrons. The van der Waals surface area contributed by atoms with E-state index in [0.717, 1.165) is 36.3 Å². The number of hydrogen-bond donors (Lipinski definition) is 1. The van der Waals surface area contributed by atoms with Crippen LogP contribution in [0.3, 0.4) is 0 Å². The number of hydrogen-bond acceptors (Lipinski definition) is 3. The zero-order valence-electron chi connectivity index (χ0n) is 16.4. The van der Waals surface area contributed by atoms with Gasteiger partial charge in [0.25, 0.3) is 0 Å². The predicted molar refractivity (Wildman–Crippen MR) is 107 cm³/mol. The Morgan fingerprint density at radius 1 is 1.00 bits per heavy atom. The molecule has 1 N–H and O–H groups in total. The third kappa shape index (κ3) is 4.33. The maximum atomic E-state index is 11.9. The van der Waals surface area contributed by atoms with E-state index >= 15 is 0 Å². The molecule has 2 unspecified atom stereocenters. The number of methoxy groups -OCH3 is 1. The summed E-state index contributed by atoms with van der Waals surface area (Å²) in [5, 5.41) is 9.79. The van der Waals surface area contributed by atoms with Crippen LogP contribution in [0.15, 0.2) is 48.5 Å². The third-order valence-corrected chi connectivity index (χ3v) is 5.51. The summed E-state index contributed by atoms with van der Waals surface area (Å²) in [4.78, 5) is 14.1. The average molecular weight is 367 g/mol. The summed E-state index contributed by atoms with van der Waals surface area (Å²) in [6.07, 6.45) is 2.70. The van der Waals surface area contributed by atoms with Gasteiger partial charge < -0.3 is 9.84 Å². The van der Waals surface area contributed by atoms with Gasteiger partial charge in [-0.3, -0.25) is 9.69 Å². The van der Waals surface area contributed by atoms with Crippen molar-refractivity contribution < 1.29 is 14.6 Å². The second-order valence-electron chi connectivity index (χ2n) is 7.58. The molecule has 1 fully saturated rings. The van der Waals surface area contributed by atoms with Crippen LogP contribution in [0, 0.1) is 0 Å². The van der Waals surface area contributed by atoms with Gasteiger partial charge in [-0.25, -0.2) is 0 Å². The lowest BCUT2D eigenvalue weighted by Gasteiger charge is -2.39. The van der Waals surface area contributed by atoms with Crippen LogP contribution >= 0.6 is 0 Å². The number of ether oxygens (including phenoxy) is 1. The second-order valence-corrected chi connectivity index (χ2v) is 7.58. The fraction of sp³-hybridized carbons (Fsp3) is 0.435. The van der Waals surface area contributed by atoms with Crippen molar-refractivity contribution >= 4 is 5.97 Å². The SMILES string of the molecule is COc1ccc(C(c2ccc(C(C)C)cc2)N2CCCCC2C(=O)O)cc1. The lowest BCUT2D eigenvalue weighted by Crippen LogP contribution is -2.46. The molecule has 0 amide bonds. The molecule has 1 aliphatic heterocycles. The van der Waals surface area contributed by atoms with Gasteiger partial charge in [-0.1, -0.05) is 56.7 Å². The molecule has 1 aliphatic rings. The zero-order chi connectivity index (χ0) is 19.4. The summed E-state index contributed by atoms with van der Waals surface area (Å²) in [5.74, 6) is 0.549. The number of carboxylic acid groups (broad SMARTS) is 1. The number of carbonyl (C=O) groups is 1. The van der Waals surface area contributed by atoms with Gasteiger partial charge >= 0.3 is 5.97 Å². The Balaban J connectivity index is 2.03. The van der Waals surface area contributed by atoms with Gasteiger partial charge in [0.05, 0.1) is 13.2 Å². The highest BCUT2D eigenvalue weighted by molar-refractivity contribution is 5.73. The highest BCUT2D eigenvalue weighted by Crippen LogP contribution is 2.35. The molecule has 4 nitrogen and oxygen atoms in total. The van der Waals surface area contributed by atoms with Crippen molar-refractivity contribution in [1.29, 1.82) is 0 Å². The van der Waals surface area contributed by atoms with Crippen molar-refractivity contribution in [3.8, 4) is 5.75 Å². The molecule has 2 atom stereocenters. The molecule has 0 aromatic heterocycles. The Labute approximate surface area is 161 Å². The molecule has 144 valence electrons. The van der Waals surface area contributed by atoms with Crippen LogP contribution in [0.2, 0.25) is 0 Å². The van der Waals surface area contributed by atoms with E-state index in [4.69, 9.17) is 4.74 Å². The monoisotopic (exact) mass is 367 g/mol.